The van der Waals surface area contributed by atoms with Crippen LogP contribution < -0.4 is 11.5 Å². The molecule has 0 amide bonds. The van der Waals surface area contributed by atoms with Gasteiger partial charge in [0.2, 0.25) is 0 Å². The van der Waals surface area contributed by atoms with Gasteiger partial charge >= 0.3 is 0 Å². The van der Waals surface area contributed by atoms with E-state index in [1.54, 1.807) is 0 Å². The predicted octanol–water partition coefficient (Wildman–Crippen LogP) is 1.31. The van der Waals surface area contributed by atoms with Crippen molar-refractivity contribution in [3.8, 4) is 0 Å². The van der Waals surface area contributed by atoms with Crippen LogP contribution in [0.15, 0.2) is 0 Å². The van der Waals surface area contributed by atoms with Gasteiger partial charge in [0.1, 0.15) is 0 Å². The van der Waals surface area contributed by atoms with Crippen molar-refractivity contribution in [3.05, 3.63) is 0 Å². The second-order valence-electron chi connectivity index (χ2n) is 2.35. The number of rotatable bonds is 0. The molecule has 1 heterocycles. The Hall–Kier alpha value is -0.0800. The van der Waals surface area contributed by atoms with Crippen LogP contribution in [0.2, 0.25) is 0 Å². The van der Waals surface area contributed by atoms with Gasteiger partial charge in [-0.2, -0.15) is 0 Å². The highest BCUT2D eigenvalue weighted by molar-refractivity contribution is 4.65. The Labute approximate surface area is 51.2 Å². The Kier molecular flexibility index (Phi) is 3.83. The molecule has 4 N–H and O–H groups in total. The predicted molar refractivity (Wildman–Crippen MR) is 36.3 cm³/mol. The number of hydrogen-bond donors (Lipinski definition) is 2. The molecule has 1 atom stereocenters. The largest absolute Gasteiger partial charge is 0.344 e. The standard InChI is InChI=1S/C6H13N.H3N/c1-6-4-2-3-5-7-6;/h6-7H,2-5H2,1H3;1H3. The molecule has 1 aliphatic rings. The summed E-state index contributed by atoms with van der Waals surface area (Å²) in [5.41, 5.74) is 0. The molecular formula is C6H16N2. The van der Waals surface area contributed by atoms with Gasteiger partial charge < -0.3 is 11.5 Å². The third-order valence-electron chi connectivity index (χ3n) is 1.56. The Morgan fingerprint density at radius 3 is 2.38 bits per heavy atom. The summed E-state index contributed by atoms with van der Waals surface area (Å²) in [5.74, 6) is 0. The minimum Gasteiger partial charge on any atom is -0.344 e. The Balaban J connectivity index is 0.000000490. The lowest BCUT2D eigenvalue weighted by Crippen LogP contribution is -2.30. The zero-order valence-corrected chi connectivity index (χ0v) is 5.61. The van der Waals surface area contributed by atoms with Crippen molar-refractivity contribution < 1.29 is 0 Å². The molecule has 50 valence electrons. The first-order chi connectivity index (χ1) is 3.39. The number of piperidine rings is 1. The van der Waals surface area contributed by atoms with Gasteiger partial charge in [-0.1, -0.05) is 6.42 Å². The summed E-state index contributed by atoms with van der Waals surface area (Å²) >= 11 is 0. The van der Waals surface area contributed by atoms with Gasteiger partial charge in [0.25, 0.3) is 0 Å². The minimum atomic E-state index is 0. The first kappa shape index (κ1) is 7.92. The normalized spacial score (nSPS) is 28.9. The molecular weight excluding hydrogens is 100 g/mol. The van der Waals surface area contributed by atoms with E-state index in [4.69, 9.17) is 0 Å². The van der Waals surface area contributed by atoms with Crippen molar-refractivity contribution in [2.24, 2.45) is 0 Å². The van der Waals surface area contributed by atoms with Crippen molar-refractivity contribution in [1.82, 2.24) is 11.5 Å². The van der Waals surface area contributed by atoms with Gasteiger partial charge in [0.05, 0.1) is 0 Å². The summed E-state index contributed by atoms with van der Waals surface area (Å²) in [5, 5.41) is 3.38. The van der Waals surface area contributed by atoms with Gasteiger partial charge in [-0.3, -0.25) is 0 Å². The molecule has 0 saturated carbocycles. The molecule has 0 spiro atoms. The van der Waals surface area contributed by atoms with E-state index in [1.807, 2.05) is 0 Å². The number of hydrogen-bond acceptors (Lipinski definition) is 2. The summed E-state index contributed by atoms with van der Waals surface area (Å²) in [6.07, 6.45) is 4.18. The van der Waals surface area contributed by atoms with E-state index >= 15 is 0 Å². The van der Waals surface area contributed by atoms with E-state index in [9.17, 15) is 0 Å². The molecule has 8 heavy (non-hydrogen) atoms. The summed E-state index contributed by atoms with van der Waals surface area (Å²) < 4.78 is 0. The van der Waals surface area contributed by atoms with Crippen LogP contribution >= 0.6 is 0 Å². The lowest BCUT2D eigenvalue weighted by Gasteiger charge is -2.18. The quantitative estimate of drug-likeness (QED) is 0.501. The van der Waals surface area contributed by atoms with Crippen molar-refractivity contribution in [2.45, 2.75) is 32.2 Å². The summed E-state index contributed by atoms with van der Waals surface area (Å²) in [7, 11) is 0. The maximum atomic E-state index is 3.38. The minimum absolute atomic E-state index is 0. The fourth-order valence-electron chi connectivity index (χ4n) is 1.03. The average Bonchev–Trinajstić information content (AvgIpc) is 1.69. The summed E-state index contributed by atoms with van der Waals surface area (Å²) in [6, 6.07) is 0.786. The topological polar surface area (TPSA) is 47.0 Å². The maximum Gasteiger partial charge on any atom is 0.00387 e. The van der Waals surface area contributed by atoms with Crippen LogP contribution in [0.1, 0.15) is 26.2 Å². The molecule has 1 fully saturated rings. The molecule has 2 heteroatoms. The summed E-state index contributed by atoms with van der Waals surface area (Å²) in [4.78, 5) is 0. The molecule has 0 radical (unpaired) electrons. The molecule has 1 rings (SSSR count). The first-order valence-corrected chi connectivity index (χ1v) is 3.13. The molecule has 0 aromatic rings. The van der Waals surface area contributed by atoms with Crippen LogP contribution in [-0.4, -0.2) is 12.6 Å². The van der Waals surface area contributed by atoms with Gasteiger partial charge in [-0.25, -0.2) is 0 Å². The Morgan fingerprint density at radius 2 is 2.12 bits per heavy atom. The van der Waals surface area contributed by atoms with Crippen LogP contribution in [0.4, 0.5) is 0 Å². The first-order valence-electron chi connectivity index (χ1n) is 3.13. The van der Waals surface area contributed by atoms with Crippen LogP contribution in [0, 0.1) is 0 Å². The molecule has 1 saturated heterocycles. The Morgan fingerprint density at radius 1 is 1.38 bits per heavy atom. The molecule has 2 nitrogen and oxygen atoms in total. The molecule has 0 aromatic carbocycles. The summed E-state index contributed by atoms with van der Waals surface area (Å²) in [6.45, 7) is 3.49. The molecule has 0 bridgehead atoms. The van der Waals surface area contributed by atoms with E-state index < -0.39 is 0 Å². The zero-order valence-electron chi connectivity index (χ0n) is 5.61. The zero-order chi connectivity index (χ0) is 5.11. The van der Waals surface area contributed by atoms with E-state index in [0.717, 1.165) is 6.04 Å². The van der Waals surface area contributed by atoms with Crippen LogP contribution in [-0.2, 0) is 0 Å². The van der Waals surface area contributed by atoms with Crippen LogP contribution in [0.3, 0.4) is 0 Å². The Bertz CT molecular complexity index is 48.5. The highest BCUT2D eigenvalue weighted by atomic mass is 14.9. The van der Waals surface area contributed by atoms with E-state index in [1.165, 1.54) is 25.8 Å². The molecule has 0 aromatic heterocycles. The maximum absolute atomic E-state index is 3.38. The van der Waals surface area contributed by atoms with Crippen LogP contribution in [0.25, 0.3) is 0 Å². The third-order valence-corrected chi connectivity index (χ3v) is 1.56. The van der Waals surface area contributed by atoms with E-state index in [0.29, 0.717) is 0 Å². The fraction of sp³-hybridized carbons (Fsp3) is 1.00. The van der Waals surface area contributed by atoms with Gasteiger partial charge in [0.15, 0.2) is 0 Å². The lowest BCUT2D eigenvalue weighted by atomic mass is 10.1. The smallest absolute Gasteiger partial charge is 0.00387 e. The van der Waals surface area contributed by atoms with Crippen molar-refractivity contribution in [1.29, 1.82) is 0 Å². The van der Waals surface area contributed by atoms with E-state index in [2.05, 4.69) is 12.2 Å². The lowest BCUT2D eigenvalue weighted by molar-refractivity contribution is 0.425. The van der Waals surface area contributed by atoms with Gasteiger partial charge in [-0.15, -0.1) is 0 Å². The second-order valence-corrected chi connectivity index (χ2v) is 2.35. The fourth-order valence-corrected chi connectivity index (χ4v) is 1.03. The SMILES string of the molecule is CC1CCCCN1.N. The molecule has 1 aliphatic heterocycles. The second kappa shape index (κ2) is 3.87. The highest BCUT2D eigenvalue weighted by Crippen LogP contribution is 2.04. The van der Waals surface area contributed by atoms with Crippen molar-refractivity contribution in [3.63, 3.8) is 0 Å². The highest BCUT2D eigenvalue weighted by Gasteiger charge is 2.04. The van der Waals surface area contributed by atoms with Crippen molar-refractivity contribution in [2.75, 3.05) is 6.54 Å². The third kappa shape index (κ3) is 2.28. The molecule has 1 unspecified atom stereocenters. The monoisotopic (exact) mass is 116 g/mol. The average molecular weight is 116 g/mol. The molecule has 0 aliphatic carbocycles. The van der Waals surface area contributed by atoms with Crippen LogP contribution in [0.5, 0.6) is 0 Å². The van der Waals surface area contributed by atoms with Crippen molar-refractivity contribution >= 4 is 0 Å². The number of nitrogens with one attached hydrogen (secondary N) is 1. The van der Waals surface area contributed by atoms with Gasteiger partial charge in [-0.05, 0) is 26.3 Å². The van der Waals surface area contributed by atoms with Gasteiger partial charge in [0, 0.05) is 6.04 Å². The van der Waals surface area contributed by atoms with E-state index in [-0.39, 0.29) is 6.15 Å².